The van der Waals surface area contributed by atoms with E-state index in [0.29, 0.717) is 40.9 Å². The molecule has 37 heavy (non-hydrogen) atoms. The first-order valence-corrected chi connectivity index (χ1v) is 12.2. The molecule has 2 N–H and O–H groups in total. The Balaban J connectivity index is 1.69. The molecule has 0 aliphatic carbocycles. The predicted molar refractivity (Wildman–Crippen MR) is 141 cm³/mol. The summed E-state index contributed by atoms with van der Waals surface area (Å²) in [5, 5.41) is 17.8. The summed E-state index contributed by atoms with van der Waals surface area (Å²) in [5.41, 5.74) is 2.19. The van der Waals surface area contributed by atoms with Gasteiger partial charge in [-0.2, -0.15) is 5.10 Å². The maximum atomic E-state index is 14.7. The van der Waals surface area contributed by atoms with E-state index in [9.17, 15) is 14.3 Å². The number of aliphatic hydroxyl groups excluding tert-OH is 1. The molecule has 1 aliphatic rings. The van der Waals surface area contributed by atoms with Gasteiger partial charge in [0.15, 0.2) is 0 Å². The number of hydrogen-bond donors (Lipinski definition) is 2. The quantitative estimate of drug-likeness (QED) is 0.394. The van der Waals surface area contributed by atoms with Crippen molar-refractivity contribution in [3.05, 3.63) is 70.2 Å². The van der Waals surface area contributed by atoms with Crippen LogP contribution in [0.15, 0.2) is 47.4 Å². The lowest BCUT2D eigenvalue weighted by Crippen LogP contribution is -2.43. The number of aliphatic hydroxyl groups is 1. The number of aromatic nitrogens is 4. The summed E-state index contributed by atoms with van der Waals surface area (Å²) in [7, 11) is 3.66. The highest BCUT2D eigenvalue weighted by atomic mass is 19.1. The van der Waals surface area contributed by atoms with E-state index in [0.717, 1.165) is 36.8 Å². The first-order valence-electron chi connectivity index (χ1n) is 12.2. The molecule has 1 saturated heterocycles. The van der Waals surface area contributed by atoms with Crippen molar-refractivity contribution >= 4 is 22.5 Å². The van der Waals surface area contributed by atoms with E-state index in [1.54, 1.807) is 22.4 Å². The Labute approximate surface area is 213 Å². The Hall–Kier alpha value is -4.07. The van der Waals surface area contributed by atoms with Crippen molar-refractivity contribution in [1.29, 1.82) is 0 Å². The number of nitrogens with one attached hydrogen (secondary N) is 1. The fourth-order valence-electron chi connectivity index (χ4n) is 4.90. The highest BCUT2D eigenvalue weighted by Gasteiger charge is 2.25. The maximum absolute atomic E-state index is 14.7. The van der Waals surface area contributed by atoms with E-state index in [4.69, 9.17) is 11.6 Å². The third-order valence-electron chi connectivity index (χ3n) is 6.96. The first kappa shape index (κ1) is 24.6. The van der Waals surface area contributed by atoms with Crippen molar-refractivity contribution in [3.8, 4) is 22.4 Å². The Morgan fingerprint density at radius 3 is 2.62 bits per heavy atom. The SMILES string of the molecule is [C-]#[N+]c1ccc(-c2nc(N3CCC(NC)CC3)n(C)c(=O)c2-c2ccc3nn(CCO)cc3c2)cc1F. The fraction of sp³-hybridized carbons (Fsp3) is 0.333. The number of anilines is 1. The van der Waals surface area contributed by atoms with E-state index in [1.807, 2.05) is 31.4 Å². The minimum absolute atomic E-state index is 0.0331. The Kier molecular flexibility index (Phi) is 6.74. The molecule has 0 spiro atoms. The fourth-order valence-corrected chi connectivity index (χ4v) is 4.90. The Bertz CT molecular complexity index is 1560. The lowest BCUT2D eigenvalue weighted by atomic mass is 9.99. The Morgan fingerprint density at radius 2 is 1.95 bits per heavy atom. The molecule has 0 saturated carbocycles. The number of benzene rings is 2. The molecule has 2 aromatic heterocycles. The number of rotatable bonds is 6. The number of nitrogens with zero attached hydrogens (tertiary/aromatic N) is 6. The molecular formula is C27H28FN7O2. The summed E-state index contributed by atoms with van der Waals surface area (Å²) in [6.45, 7) is 9.00. The van der Waals surface area contributed by atoms with Crippen LogP contribution in [0.1, 0.15) is 12.8 Å². The van der Waals surface area contributed by atoms with Crippen LogP contribution in [0.2, 0.25) is 0 Å². The van der Waals surface area contributed by atoms with Gasteiger partial charge in [-0.1, -0.05) is 18.2 Å². The molecule has 0 atom stereocenters. The smallest absolute Gasteiger partial charge is 0.263 e. The molecule has 10 heteroatoms. The van der Waals surface area contributed by atoms with Gasteiger partial charge in [0.25, 0.3) is 5.56 Å². The standard InChI is InChI=1S/C27H28FN7O2/c1-29-20-8-10-34(11-9-20)27-31-25(18-5-7-23(30-2)21(28)15-18)24(26(37)33(27)3)17-4-6-22-19(14-17)16-35(32-22)12-13-36/h4-7,14-16,20,29,36H,8-13H2,1,3H3. The second-order valence-corrected chi connectivity index (χ2v) is 9.22. The van der Waals surface area contributed by atoms with Crippen LogP contribution < -0.4 is 15.8 Å². The summed E-state index contributed by atoms with van der Waals surface area (Å²) >= 11 is 0. The van der Waals surface area contributed by atoms with Gasteiger partial charge < -0.3 is 15.3 Å². The van der Waals surface area contributed by atoms with Crippen molar-refractivity contribution in [2.45, 2.75) is 25.4 Å². The molecular weight excluding hydrogens is 473 g/mol. The van der Waals surface area contributed by atoms with Crippen molar-refractivity contribution in [2.24, 2.45) is 7.05 Å². The lowest BCUT2D eigenvalue weighted by Gasteiger charge is -2.33. The van der Waals surface area contributed by atoms with Gasteiger partial charge >= 0.3 is 0 Å². The van der Waals surface area contributed by atoms with Crippen molar-refractivity contribution < 1.29 is 9.50 Å². The summed E-state index contributed by atoms with van der Waals surface area (Å²) in [4.78, 5) is 24.1. The van der Waals surface area contributed by atoms with Crippen LogP contribution >= 0.6 is 0 Å². The number of fused-ring (bicyclic) bond motifs is 1. The van der Waals surface area contributed by atoms with Gasteiger partial charge in [0.1, 0.15) is 5.82 Å². The van der Waals surface area contributed by atoms with E-state index in [-0.39, 0.29) is 17.9 Å². The van der Waals surface area contributed by atoms with Gasteiger partial charge in [-0.25, -0.2) is 14.2 Å². The van der Waals surface area contributed by atoms with Crippen LogP contribution in [-0.2, 0) is 13.6 Å². The molecule has 0 unspecified atom stereocenters. The van der Waals surface area contributed by atoms with Gasteiger partial charge in [0.2, 0.25) is 11.6 Å². The number of hydrogen-bond acceptors (Lipinski definition) is 6. The summed E-state index contributed by atoms with van der Waals surface area (Å²) in [6.07, 6.45) is 3.66. The van der Waals surface area contributed by atoms with Crippen molar-refractivity contribution in [1.82, 2.24) is 24.6 Å². The Morgan fingerprint density at radius 1 is 1.19 bits per heavy atom. The van der Waals surface area contributed by atoms with Crippen molar-refractivity contribution in [2.75, 3.05) is 31.6 Å². The largest absolute Gasteiger partial charge is 0.394 e. The highest BCUT2D eigenvalue weighted by molar-refractivity contribution is 5.88. The predicted octanol–water partition coefficient (Wildman–Crippen LogP) is 3.33. The molecule has 0 radical (unpaired) electrons. The number of halogens is 1. The molecule has 5 rings (SSSR count). The van der Waals surface area contributed by atoms with Gasteiger partial charge in [0, 0.05) is 43.3 Å². The van der Waals surface area contributed by atoms with Crippen LogP contribution in [0.4, 0.5) is 16.0 Å². The molecule has 0 bridgehead atoms. The lowest BCUT2D eigenvalue weighted by molar-refractivity contribution is 0.270. The summed E-state index contributed by atoms with van der Waals surface area (Å²) in [6, 6.07) is 10.2. The molecule has 2 aromatic carbocycles. The third-order valence-corrected chi connectivity index (χ3v) is 6.96. The summed E-state index contributed by atoms with van der Waals surface area (Å²) in [5.74, 6) is -0.122. The minimum atomic E-state index is -0.655. The van der Waals surface area contributed by atoms with Crippen LogP contribution in [0, 0.1) is 12.4 Å². The number of piperidine rings is 1. The third kappa shape index (κ3) is 4.59. The van der Waals surface area contributed by atoms with E-state index < -0.39 is 5.82 Å². The van der Waals surface area contributed by atoms with Crippen LogP contribution in [0.3, 0.4) is 0 Å². The topological polar surface area (TPSA) is 92.6 Å². The monoisotopic (exact) mass is 501 g/mol. The van der Waals surface area contributed by atoms with Crippen LogP contribution in [0.5, 0.6) is 0 Å². The molecule has 1 aliphatic heterocycles. The zero-order valence-electron chi connectivity index (χ0n) is 20.8. The first-order chi connectivity index (χ1) is 17.9. The van der Waals surface area contributed by atoms with Gasteiger partial charge in [-0.3, -0.25) is 14.0 Å². The average molecular weight is 502 g/mol. The van der Waals surface area contributed by atoms with Gasteiger partial charge in [-0.05, 0) is 43.7 Å². The zero-order chi connectivity index (χ0) is 26.1. The van der Waals surface area contributed by atoms with E-state index in [2.05, 4.69) is 20.2 Å². The van der Waals surface area contributed by atoms with Gasteiger partial charge in [0.05, 0.1) is 36.5 Å². The van der Waals surface area contributed by atoms with Crippen molar-refractivity contribution in [3.63, 3.8) is 0 Å². The van der Waals surface area contributed by atoms with Gasteiger partial charge in [-0.15, -0.1) is 0 Å². The molecule has 0 amide bonds. The highest BCUT2D eigenvalue weighted by Crippen LogP contribution is 2.34. The zero-order valence-corrected chi connectivity index (χ0v) is 20.8. The molecule has 3 heterocycles. The molecule has 190 valence electrons. The maximum Gasteiger partial charge on any atom is 0.263 e. The second kappa shape index (κ2) is 10.1. The van der Waals surface area contributed by atoms with E-state index >= 15 is 0 Å². The normalized spacial score (nSPS) is 14.3. The minimum Gasteiger partial charge on any atom is -0.394 e. The van der Waals surface area contributed by atoms with E-state index in [1.165, 1.54) is 12.1 Å². The molecule has 9 nitrogen and oxygen atoms in total. The van der Waals surface area contributed by atoms with Crippen LogP contribution in [0.25, 0.3) is 38.1 Å². The average Bonchev–Trinajstić information content (AvgIpc) is 3.32. The molecule has 1 fully saturated rings. The molecule has 4 aromatic rings. The summed E-state index contributed by atoms with van der Waals surface area (Å²) < 4.78 is 17.9. The second-order valence-electron chi connectivity index (χ2n) is 9.22. The van der Waals surface area contributed by atoms with Crippen LogP contribution in [-0.4, -0.2) is 57.2 Å².